The van der Waals surface area contributed by atoms with Gasteiger partial charge in [-0.25, -0.2) is 4.79 Å². The zero-order chi connectivity index (χ0) is 22.6. The number of unbranched alkanes of at least 4 members (excludes halogenated alkanes) is 2. The molecule has 0 amide bonds. The Hall–Kier alpha value is -1.87. The maximum Gasteiger partial charge on any atom is 0.348 e. The van der Waals surface area contributed by atoms with Gasteiger partial charge < -0.3 is 4.74 Å². The quantitative estimate of drug-likeness (QED) is 0.307. The fourth-order valence-electron chi connectivity index (χ4n) is 4.54. The zero-order valence-corrected chi connectivity index (χ0v) is 21.0. The van der Waals surface area contributed by atoms with Gasteiger partial charge in [0, 0.05) is 4.88 Å². The number of hydrogen-bond donors (Lipinski definition) is 0. The molecule has 1 heterocycles. The lowest BCUT2D eigenvalue weighted by Crippen LogP contribution is -2.34. The molecule has 1 aliphatic rings. The van der Waals surface area contributed by atoms with E-state index in [-0.39, 0.29) is 16.8 Å². The number of aryl methyl sites for hydroxylation is 1. The molecule has 0 spiro atoms. The van der Waals surface area contributed by atoms with Crippen LogP contribution in [0.25, 0.3) is 12.2 Å². The number of fused-ring (bicyclic) bond motifs is 1. The first-order valence-electron chi connectivity index (χ1n) is 11.8. The SMILES string of the molecule is CCCCCc1cc2c(cc1/C=C/c1ccc(C(=O)OCC)s1)C(C)(C)CCC2(C)C. The average molecular weight is 439 g/mol. The molecule has 3 rings (SSSR count). The van der Waals surface area contributed by atoms with E-state index in [9.17, 15) is 4.79 Å². The first-order valence-corrected chi connectivity index (χ1v) is 12.6. The van der Waals surface area contributed by atoms with Gasteiger partial charge in [0.2, 0.25) is 0 Å². The van der Waals surface area contributed by atoms with Crippen LogP contribution in [0.2, 0.25) is 0 Å². The minimum atomic E-state index is -0.231. The van der Waals surface area contributed by atoms with Gasteiger partial charge in [-0.05, 0) is 83.9 Å². The minimum absolute atomic E-state index is 0.204. The molecule has 0 fully saturated rings. The van der Waals surface area contributed by atoms with Crippen molar-refractivity contribution in [3.8, 4) is 0 Å². The maximum atomic E-state index is 12.0. The number of rotatable bonds is 8. The van der Waals surface area contributed by atoms with E-state index in [0.717, 1.165) is 11.3 Å². The lowest BCUT2D eigenvalue weighted by molar-refractivity contribution is 0.0532. The molecular weight excluding hydrogens is 400 g/mol. The van der Waals surface area contributed by atoms with Crippen LogP contribution in [0.15, 0.2) is 24.3 Å². The first kappa shape index (κ1) is 23.8. The Bertz CT molecular complexity index is 946. The van der Waals surface area contributed by atoms with E-state index in [1.807, 2.05) is 19.1 Å². The number of hydrogen-bond acceptors (Lipinski definition) is 3. The van der Waals surface area contributed by atoms with Crippen molar-refractivity contribution in [1.82, 2.24) is 0 Å². The molecule has 3 heteroatoms. The van der Waals surface area contributed by atoms with Gasteiger partial charge in [0.1, 0.15) is 4.88 Å². The van der Waals surface area contributed by atoms with Crippen LogP contribution in [0.1, 0.15) is 110 Å². The molecule has 2 aromatic rings. The first-order chi connectivity index (χ1) is 14.7. The number of esters is 1. The van der Waals surface area contributed by atoms with Gasteiger partial charge in [-0.15, -0.1) is 11.3 Å². The van der Waals surface area contributed by atoms with Gasteiger partial charge in [-0.2, -0.15) is 0 Å². The summed E-state index contributed by atoms with van der Waals surface area (Å²) in [6.07, 6.45) is 11.7. The van der Waals surface area contributed by atoms with E-state index in [4.69, 9.17) is 4.74 Å². The van der Waals surface area contributed by atoms with E-state index in [2.05, 4.69) is 58.9 Å². The summed E-state index contributed by atoms with van der Waals surface area (Å²) in [6.45, 7) is 14.1. The molecule has 1 aromatic heterocycles. The predicted octanol–water partition coefficient (Wildman–Crippen LogP) is 8.18. The molecule has 0 atom stereocenters. The van der Waals surface area contributed by atoms with Gasteiger partial charge in [-0.3, -0.25) is 0 Å². The highest BCUT2D eigenvalue weighted by Crippen LogP contribution is 2.47. The lowest BCUT2D eigenvalue weighted by atomic mass is 9.62. The molecule has 0 unspecified atom stereocenters. The Balaban J connectivity index is 1.98. The Kier molecular flexibility index (Phi) is 7.47. The summed E-state index contributed by atoms with van der Waals surface area (Å²) < 4.78 is 5.13. The van der Waals surface area contributed by atoms with Crippen molar-refractivity contribution in [1.29, 1.82) is 0 Å². The standard InChI is InChI=1S/C28H38O2S/c1-7-9-10-11-20-18-23-24(28(5,6)17-16-27(23,3)4)19-21(20)12-13-22-14-15-25(31-22)26(29)30-8-2/h12-15,18-19H,7-11,16-17H2,1-6H3/b13-12+. The van der Waals surface area contributed by atoms with Crippen LogP contribution in [0.5, 0.6) is 0 Å². The summed E-state index contributed by atoms with van der Waals surface area (Å²) in [5, 5.41) is 0. The molecule has 0 N–H and O–H groups in total. The second-order valence-corrected chi connectivity index (χ2v) is 11.2. The number of thiophene rings is 1. The Morgan fingerprint density at radius 1 is 1.00 bits per heavy atom. The monoisotopic (exact) mass is 438 g/mol. The van der Waals surface area contributed by atoms with Gasteiger partial charge in [-0.1, -0.05) is 65.7 Å². The molecule has 1 aliphatic carbocycles. The molecule has 0 bridgehead atoms. The number of carbonyl (C=O) groups excluding carboxylic acids is 1. The van der Waals surface area contributed by atoms with Crippen molar-refractivity contribution in [2.75, 3.05) is 6.61 Å². The number of benzene rings is 1. The van der Waals surface area contributed by atoms with Crippen molar-refractivity contribution < 1.29 is 9.53 Å². The molecule has 0 saturated carbocycles. The van der Waals surface area contributed by atoms with Gasteiger partial charge >= 0.3 is 5.97 Å². The summed E-state index contributed by atoms with van der Waals surface area (Å²) in [7, 11) is 0. The Morgan fingerprint density at radius 2 is 1.68 bits per heavy atom. The highest BCUT2D eigenvalue weighted by molar-refractivity contribution is 7.14. The van der Waals surface area contributed by atoms with Crippen LogP contribution in [0.4, 0.5) is 0 Å². The molecule has 31 heavy (non-hydrogen) atoms. The number of ether oxygens (including phenoxy) is 1. The predicted molar refractivity (Wildman–Crippen MR) is 134 cm³/mol. The van der Waals surface area contributed by atoms with Crippen LogP contribution in [-0.2, 0) is 22.0 Å². The Labute approximate surface area is 192 Å². The molecule has 0 aliphatic heterocycles. The van der Waals surface area contributed by atoms with E-state index in [1.165, 1.54) is 65.7 Å². The molecule has 0 saturated heterocycles. The van der Waals surface area contributed by atoms with Crippen molar-refractivity contribution in [3.63, 3.8) is 0 Å². The van der Waals surface area contributed by atoms with Crippen LogP contribution in [0, 0.1) is 0 Å². The highest BCUT2D eigenvalue weighted by Gasteiger charge is 2.37. The molecule has 168 valence electrons. The second kappa shape index (κ2) is 9.73. The summed E-state index contributed by atoms with van der Waals surface area (Å²) in [4.78, 5) is 13.7. The van der Waals surface area contributed by atoms with Crippen LogP contribution < -0.4 is 0 Å². The van der Waals surface area contributed by atoms with Gasteiger partial charge in [0.05, 0.1) is 6.61 Å². The van der Waals surface area contributed by atoms with Crippen LogP contribution in [-0.4, -0.2) is 12.6 Å². The van der Waals surface area contributed by atoms with Crippen molar-refractivity contribution in [3.05, 3.63) is 56.3 Å². The summed E-state index contributed by atoms with van der Waals surface area (Å²) in [5.74, 6) is -0.231. The smallest absolute Gasteiger partial charge is 0.348 e. The molecule has 2 nitrogen and oxygen atoms in total. The fourth-order valence-corrected chi connectivity index (χ4v) is 5.34. The highest BCUT2D eigenvalue weighted by atomic mass is 32.1. The Morgan fingerprint density at radius 3 is 2.32 bits per heavy atom. The van der Waals surface area contributed by atoms with Gasteiger partial charge in [0.25, 0.3) is 0 Å². The topological polar surface area (TPSA) is 26.3 Å². The summed E-state index contributed by atoms with van der Waals surface area (Å²) in [5.41, 5.74) is 6.25. The van der Waals surface area contributed by atoms with E-state index in [0.29, 0.717) is 11.5 Å². The number of carbonyl (C=O) groups is 1. The van der Waals surface area contributed by atoms with Crippen LogP contribution in [0.3, 0.4) is 0 Å². The third-order valence-corrected chi connectivity index (χ3v) is 7.72. The van der Waals surface area contributed by atoms with Crippen molar-refractivity contribution >= 4 is 29.5 Å². The largest absolute Gasteiger partial charge is 0.462 e. The zero-order valence-electron chi connectivity index (χ0n) is 20.1. The normalized spacial score (nSPS) is 17.0. The molecular formula is C28H38O2S. The third-order valence-electron chi connectivity index (χ3n) is 6.69. The minimum Gasteiger partial charge on any atom is -0.462 e. The second-order valence-electron chi connectivity index (χ2n) is 10.1. The average Bonchev–Trinajstić information content (AvgIpc) is 3.20. The summed E-state index contributed by atoms with van der Waals surface area (Å²) in [6, 6.07) is 8.83. The van der Waals surface area contributed by atoms with Crippen LogP contribution >= 0.6 is 11.3 Å². The lowest BCUT2D eigenvalue weighted by Gasteiger charge is -2.42. The van der Waals surface area contributed by atoms with Crippen molar-refractivity contribution in [2.45, 2.75) is 90.9 Å². The van der Waals surface area contributed by atoms with E-state index < -0.39 is 0 Å². The van der Waals surface area contributed by atoms with Gasteiger partial charge in [0.15, 0.2) is 0 Å². The third kappa shape index (κ3) is 5.49. The maximum absolute atomic E-state index is 12.0. The van der Waals surface area contributed by atoms with E-state index in [1.54, 1.807) is 0 Å². The fraction of sp³-hybridized carbons (Fsp3) is 0.536. The summed E-state index contributed by atoms with van der Waals surface area (Å²) >= 11 is 1.49. The molecule has 1 aromatic carbocycles. The van der Waals surface area contributed by atoms with E-state index >= 15 is 0 Å². The van der Waals surface area contributed by atoms with Crippen molar-refractivity contribution in [2.24, 2.45) is 0 Å². The molecule has 0 radical (unpaired) electrons.